The highest BCUT2D eigenvalue weighted by Crippen LogP contribution is 2.45. The number of fused-ring (bicyclic) bond motifs is 1. The number of unbranched alkanes of at least 4 members (excludes halogenated alkanes) is 1. The van der Waals surface area contributed by atoms with Crippen molar-refractivity contribution in [3.05, 3.63) is 54.1 Å². The van der Waals surface area contributed by atoms with Crippen molar-refractivity contribution in [2.24, 2.45) is 0 Å². The van der Waals surface area contributed by atoms with Crippen LogP contribution in [0.25, 0.3) is 10.2 Å². The Morgan fingerprint density at radius 1 is 1.18 bits per heavy atom. The van der Waals surface area contributed by atoms with E-state index in [0.717, 1.165) is 35.4 Å². The maximum atomic E-state index is 8.72. The number of aryl methyl sites for hydroxylation is 1. The summed E-state index contributed by atoms with van der Waals surface area (Å²) in [6, 6.07) is 18.7. The molecule has 0 amide bonds. The number of rotatable bonds is 9. The molecule has 0 aliphatic heterocycles. The third-order valence-electron chi connectivity index (χ3n) is 5.70. The van der Waals surface area contributed by atoms with Gasteiger partial charge in [0.05, 0.1) is 16.3 Å². The minimum absolute atomic E-state index is 0.353. The summed E-state index contributed by atoms with van der Waals surface area (Å²) in [6.07, 6.45) is 6.41. The van der Waals surface area contributed by atoms with Crippen LogP contribution >= 0.6 is 11.3 Å². The number of thiazole rings is 1. The Bertz CT molecular complexity index is 936. The van der Waals surface area contributed by atoms with E-state index in [1.807, 2.05) is 30.3 Å². The summed E-state index contributed by atoms with van der Waals surface area (Å²) in [5.41, 5.74) is 2.67. The predicted molar refractivity (Wildman–Crippen MR) is 114 cm³/mol. The Labute approximate surface area is 170 Å². The molecule has 0 unspecified atom stereocenters. The fourth-order valence-electron chi connectivity index (χ4n) is 3.70. The molecule has 1 aromatic heterocycles. The van der Waals surface area contributed by atoms with Crippen LogP contribution < -0.4 is 4.74 Å². The molecule has 1 aliphatic rings. The lowest BCUT2D eigenvalue weighted by Gasteiger charge is -2.28. The van der Waals surface area contributed by atoms with Gasteiger partial charge < -0.3 is 9.64 Å². The Hall–Kier alpha value is -2.42. The minimum Gasteiger partial charge on any atom is -0.431 e. The zero-order valence-corrected chi connectivity index (χ0v) is 17.0. The Morgan fingerprint density at radius 3 is 2.68 bits per heavy atom. The van der Waals surface area contributed by atoms with Crippen LogP contribution in [0.15, 0.2) is 48.5 Å². The van der Waals surface area contributed by atoms with Gasteiger partial charge >= 0.3 is 0 Å². The molecule has 4 nitrogen and oxygen atoms in total. The summed E-state index contributed by atoms with van der Waals surface area (Å²) < 4.78 is 7.08. The van der Waals surface area contributed by atoms with Crippen molar-refractivity contribution >= 4 is 21.6 Å². The second kappa shape index (κ2) is 8.30. The Kier molecular flexibility index (Phi) is 5.61. The van der Waals surface area contributed by atoms with Crippen molar-refractivity contribution in [1.82, 2.24) is 9.88 Å². The molecule has 0 N–H and O–H groups in total. The van der Waals surface area contributed by atoms with E-state index < -0.39 is 0 Å². The first-order chi connectivity index (χ1) is 13.7. The molecule has 1 saturated carbocycles. The van der Waals surface area contributed by atoms with Gasteiger partial charge in [0, 0.05) is 12.0 Å². The monoisotopic (exact) mass is 391 g/mol. The molecular formula is C23H25N3OS. The first-order valence-electron chi connectivity index (χ1n) is 9.89. The number of ether oxygens (including phenoxy) is 1. The van der Waals surface area contributed by atoms with Crippen molar-refractivity contribution in [3.8, 4) is 17.0 Å². The molecule has 0 bridgehead atoms. The molecule has 28 heavy (non-hydrogen) atoms. The number of para-hydroxylation sites is 1. The van der Waals surface area contributed by atoms with Crippen LogP contribution in [0.5, 0.6) is 10.9 Å². The van der Waals surface area contributed by atoms with Gasteiger partial charge in [-0.1, -0.05) is 35.6 Å². The van der Waals surface area contributed by atoms with Crippen molar-refractivity contribution in [2.75, 3.05) is 13.6 Å². The predicted octanol–water partition coefficient (Wildman–Crippen LogP) is 5.79. The molecule has 1 heterocycles. The van der Waals surface area contributed by atoms with Gasteiger partial charge in [0.2, 0.25) is 0 Å². The molecule has 4 rings (SSSR count). The lowest BCUT2D eigenvalue weighted by Crippen LogP contribution is -2.35. The first-order valence-corrected chi connectivity index (χ1v) is 10.7. The van der Waals surface area contributed by atoms with Crippen molar-refractivity contribution < 1.29 is 4.74 Å². The van der Waals surface area contributed by atoms with E-state index in [-0.39, 0.29) is 0 Å². The van der Waals surface area contributed by atoms with Gasteiger partial charge in [-0.3, -0.25) is 0 Å². The molecule has 2 aromatic carbocycles. The highest BCUT2D eigenvalue weighted by molar-refractivity contribution is 7.20. The summed E-state index contributed by atoms with van der Waals surface area (Å²) in [5, 5.41) is 9.40. The summed E-state index contributed by atoms with van der Waals surface area (Å²) >= 11 is 1.57. The molecule has 5 heteroatoms. The van der Waals surface area contributed by atoms with Gasteiger partial charge in [0.25, 0.3) is 5.19 Å². The molecule has 144 valence electrons. The average molecular weight is 392 g/mol. The molecule has 0 spiro atoms. The molecular weight excluding hydrogens is 366 g/mol. The molecule has 3 aromatic rings. The average Bonchev–Trinajstić information content (AvgIpc) is 3.40. The lowest BCUT2D eigenvalue weighted by atomic mass is 10.0. The first kappa shape index (κ1) is 18.9. The fourth-order valence-corrected chi connectivity index (χ4v) is 4.53. The van der Waals surface area contributed by atoms with E-state index in [4.69, 9.17) is 10.00 Å². The number of hydrogen-bond acceptors (Lipinski definition) is 5. The zero-order valence-electron chi connectivity index (χ0n) is 16.2. The molecule has 1 aliphatic carbocycles. The van der Waals surface area contributed by atoms with E-state index in [1.54, 1.807) is 11.3 Å². The number of hydrogen-bond donors (Lipinski definition) is 0. The maximum absolute atomic E-state index is 8.72. The minimum atomic E-state index is 0.353. The highest BCUT2D eigenvalue weighted by atomic mass is 32.1. The topological polar surface area (TPSA) is 49.2 Å². The van der Waals surface area contributed by atoms with Crippen LogP contribution in [-0.2, 0) is 6.42 Å². The van der Waals surface area contributed by atoms with E-state index >= 15 is 0 Å². The zero-order chi connectivity index (χ0) is 19.4. The van der Waals surface area contributed by atoms with Crippen LogP contribution in [-0.4, -0.2) is 29.0 Å². The lowest BCUT2D eigenvalue weighted by molar-refractivity contribution is 0.207. The second-order valence-corrected chi connectivity index (χ2v) is 8.59. The molecule has 0 radical (unpaired) electrons. The number of nitriles is 1. The van der Waals surface area contributed by atoms with Crippen LogP contribution in [0, 0.1) is 11.3 Å². The largest absolute Gasteiger partial charge is 0.431 e. The van der Waals surface area contributed by atoms with E-state index in [0.29, 0.717) is 17.2 Å². The van der Waals surface area contributed by atoms with Gasteiger partial charge in [-0.15, -0.1) is 0 Å². The smallest absolute Gasteiger partial charge is 0.279 e. The van der Waals surface area contributed by atoms with Crippen LogP contribution in [0.3, 0.4) is 0 Å². The van der Waals surface area contributed by atoms with Crippen LogP contribution in [0.4, 0.5) is 0 Å². The maximum Gasteiger partial charge on any atom is 0.279 e. The third-order valence-corrected chi connectivity index (χ3v) is 6.62. The normalized spacial score (nSPS) is 14.9. The van der Waals surface area contributed by atoms with Crippen molar-refractivity contribution in [1.29, 1.82) is 5.26 Å². The third kappa shape index (κ3) is 4.35. The molecule has 1 fully saturated rings. The van der Waals surface area contributed by atoms with E-state index in [1.165, 1.54) is 24.8 Å². The Balaban J connectivity index is 1.31. The van der Waals surface area contributed by atoms with Gasteiger partial charge in [-0.05, 0) is 75.5 Å². The number of nitrogens with zero attached hydrogens (tertiary/aromatic N) is 3. The summed E-state index contributed by atoms with van der Waals surface area (Å²) in [5.74, 6) is 0.831. The highest BCUT2D eigenvalue weighted by Gasteiger charge is 2.45. The van der Waals surface area contributed by atoms with Gasteiger partial charge in [-0.2, -0.15) is 5.26 Å². The quantitative estimate of drug-likeness (QED) is 0.433. The SMILES string of the molecule is CN(CCCC#N)C1(CCc2ccc(Oc3nc4ccccc4s3)cc2)CC1. The van der Waals surface area contributed by atoms with Crippen molar-refractivity contribution in [2.45, 2.75) is 44.1 Å². The molecule has 0 saturated heterocycles. The molecule has 0 atom stereocenters. The second-order valence-electron chi connectivity index (χ2n) is 7.60. The van der Waals surface area contributed by atoms with Crippen LogP contribution in [0.2, 0.25) is 0 Å². The van der Waals surface area contributed by atoms with E-state index in [9.17, 15) is 0 Å². The summed E-state index contributed by atoms with van der Waals surface area (Å²) in [7, 11) is 2.21. The number of aromatic nitrogens is 1. The summed E-state index contributed by atoms with van der Waals surface area (Å²) in [4.78, 5) is 7.00. The van der Waals surface area contributed by atoms with Gasteiger partial charge in [0.15, 0.2) is 0 Å². The van der Waals surface area contributed by atoms with Crippen molar-refractivity contribution in [3.63, 3.8) is 0 Å². The van der Waals surface area contributed by atoms with Crippen LogP contribution in [0.1, 0.15) is 37.7 Å². The standard InChI is InChI=1S/C23H25N3OS/c1-26(17-5-4-16-24)23(14-15-23)13-12-18-8-10-19(11-9-18)27-22-25-20-6-2-3-7-21(20)28-22/h2-3,6-11H,4-5,12-15,17H2,1H3. The van der Waals surface area contributed by atoms with E-state index in [2.05, 4.69) is 41.2 Å². The number of benzene rings is 2. The summed E-state index contributed by atoms with van der Waals surface area (Å²) in [6.45, 7) is 1.02. The Morgan fingerprint density at radius 2 is 1.96 bits per heavy atom. The van der Waals surface area contributed by atoms with Gasteiger partial charge in [-0.25, -0.2) is 4.98 Å². The fraction of sp³-hybridized carbons (Fsp3) is 0.391. The van der Waals surface area contributed by atoms with Gasteiger partial charge in [0.1, 0.15) is 5.75 Å².